The number of nitrogens with one attached hydrogen (secondary N) is 1. The van der Waals surface area contributed by atoms with Gasteiger partial charge in [0.2, 0.25) is 15.9 Å². The number of fused-ring (bicyclic) bond motifs is 1. The largest absolute Gasteiger partial charge is 0.349 e. The maximum atomic E-state index is 13.0. The van der Waals surface area contributed by atoms with E-state index in [2.05, 4.69) is 17.4 Å². The summed E-state index contributed by atoms with van der Waals surface area (Å²) in [6.07, 6.45) is 3.30. The lowest BCUT2D eigenvalue weighted by atomic mass is 9.98. The van der Waals surface area contributed by atoms with Crippen molar-refractivity contribution < 1.29 is 13.2 Å². The van der Waals surface area contributed by atoms with Crippen molar-refractivity contribution >= 4 is 15.9 Å². The molecular formula is C22H26N2O3S. The van der Waals surface area contributed by atoms with Crippen LogP contribution in [0.4, 0.5) is 0 Å². The van der Waals surface area contributed by atoms with Crippen LogP contribution in [-0.4, -0.2) is 31.7 Å². The topological polar surface area (TPSA) is 66.5 Å². The van der Waals surface area contributed by atoms with E-state index in [0.717, 1.165) is 24.8 Å². The lowest BCUT2D eigenvalue weighted by Gasteiger charge is -2.32. The Bertz CT molecular complexity index is 970. The van der Waals surface area contributed by atoms with Gasteiger partial charge in [-0.2, -0.15) is 4.31 Å². The molecule has 2 aromatic carbocycles. The third-order valence-electron chi connectivity index (χ3n) is 5.86. The molecule has 0 bridgehead atoms. The van der Waals surface area contributed by atoms with Gasteiger partial charge in [-0.3, -0.25) is 4.79 Å². The van der Waals surface area contributed by atoms with Crippen LogP contribution < -0.4 is 5.32 Å². The van der Waals surface area contributed by atoms with Crippen molar-refractivity contribution in [3.63, 3.8) is 0 Å². The molecule has 5 nitrogen and oxygen atoms in total. The molecule has 148 valence electrons. The van der Waals surface area contributed by atoms with Gasteiger partial charge in [0.25, 0.3) is 0 Å². The summed E-state index contributed by atoms with van der Waals surface area (Å²) >= 11 is 0. The number of rotatable bonds is 4. The van der Waals surface area contributed by atoms with Crippen LogP contribution >= 0.6 is 0 Å². The Labute approximate surface area is 166 Å². The predicted molar refractivity (Wildman–Crippen MR) is 108 cm³/mol. The first-order valence-electron chi connectivity index (χ1n) is 9.90. The first-order valence-corrected chi connectivity index (χ1v) is 11.3. The number of piperidine rings is 1. The monoisotopic (exact) mass is 398 g/mol. The van der Waals surface area contributed by atoms with Crippen molar-refractivity contribution in [3.8, 4) is 0 Å². The minimum atomic E-state index is -3.57. The number of carbonyl (C=O) groups is 1. The Morgan fingerprint density at radius 2 is 1.82 bits per heavy atom. The fourth-order valence-electron chi connectivity index (χ4n) is 4.23. The van der Waals surface area contributed by atoms with Crippen LogP contribution in [0.25, 0.3) is 0 Å². The molecule has 1 amide bonds. The molecule has 4 rings (SSSR count). The van der Waals surface area contributed by atoms with E-state index < -0.39 is 10.0 Å². The summed E-state index contributed by atoms with van der Waals surface area (Å²) in [4.78, 5) is 13.2. The number of hydrogen-bond acceptors (Lipinski definition) is 3. The molecule has 1 saturated heterocycles. The Kier molecular flexibility index (Phi) is 5.25. The molecule has 1 heterocycles. The number of carbonyl (C=O) groups excluding carboxylic acids is 1. The molecule has 0 unspecified atom stereocenters. The molecule has 2 atom stereocenters. The number of amides is 1. The van der Waals surface area contributed by atoms with Gasteiger partial charge in [0.15, 0.2) is 0 Å². The van der Waals surface area contributed by atoms with Gasteiger partial charge in [-0.1, -0.05) is 42.0 Å². The standard InChI is InChI=1S/C22H26N2O3S/c1-16-8-11-19(12-9-16)28(26,27)24-14-4-6-18(15-24)22(25)23-21-13-10-17-5-2-3-7-20(17)21/h2-3,5,7-9,11-12,18,21H,4,6,10,13-15H2,1H3,(H,23,25)/t18-,21+/m1/s1. The fourth-order valence-corrected chi connectivity index (χ4v) is 5.75. The summed E-state index contributed by atoms with van der Waals surface area (Å²) in [5.41, 5.74) is 3.50. The Balaban J connectivity index is 1.45. The second-order valence-corrected chi connectivity index (χ2v) is 9.75. The molecule has 6 heteroatoms. The lowest BCUT2D eigenvalue weighted by molar-refractivity contribution is -0.126. The highest BCUT2D eigenvalue weighted by Gasteiger charge is 2.34. The zero-order valence-electron chi connectivity index (χ0n) is 16.1. The van der Waals surface area contributed by atoms with Crippen LogP contribution in [0.3, 0.4) is 0 Å². The van der Waals surface area contributed by atoms with Gasteiger partial charge in [-0.15, -0.1) is 0 Å². The van der Waals surface area contributed by atoms with E-state index in [4.69, 9.17) is 0 Å². The molecule has 0 saturated carbocycles. The van der Waals surface area contributed by atoms with Gasteiger partial charge in [0.05, 0.1) is 16.9 Å². The molecule has 1 aliphatic heterocycles. The van der Waals surface area contributed by atoms with Gasteiger partial charge in [0.1, 0.15) is 0 Å². The third kappa shape index (κ3) is 3.71. The van der Waals surface area contributed by atoms with Gasteiger partial charge >= 0.3 is 0 Å². The van der Waals surface area contributed by atoms with Crippen LogP contribution in [0.2, 0.25) is 0 Å². The summed E-state index contributed by atoms with van der Waals surface area (Å²) in [7, 11) is -3.57. The van der Waals surface area contributed by atoms with Gasteiger partial charge in [0, 0.05) is 13.1 Å². The van der Waals surface area contributed by atoms with Crippen molar-refractivity contribution in [1.29, 1.82) is 0 Å². The van der Waals surface area contributed by atoms with E-state index >= 15 is 0 Å². The molecule has 1 aliphatic carbocycles. The van der Waals surface area contributed by atoms with Crippen molar-refractivity contribution in [2.75, 3.05) is 13.1 Å². The normalized spacial score (nSPS) is 22.6. The average Bonchev–Trinajstić information content (AvgIpc) is 3.11. The number of nitrogens with zero attached hydrogens (tertiary/aromatic N) is 1. The number of hydrogen-bond donors (Lipinski definition) is 1. The fraction of sp³-hybridized carbons (Fsp3) is 0.409. The maximum Gasteiger partial charge on any atom is 0.243 e. The maximum absolute atomic E-state index is 13.0. The zero-order chi connectivity index (χ0) is 19.7. The minimum Gasteiger partial charge on any atom is -0.349 e. The van der Waals surface area contributed by atoms with Crippen LogP contribution in [0.1, 0.15) is 42.0 Å². The smallest absolute Gasteiger partial charge is 0.243 e. The van der Waals surface area contributed by atoms with E-state index in [0.29, 0.717) is 17.9 Å². The van der Waals surface area contributed by atoms with E-state index in [9.17, 15) is 13.2 Å². The lowest BCUT2D eigenvalue weighted by Crippen LogP contribution is -2.45. The quantitative estimate of drug-likeness (QED) is 0.860. The minimum absolute atomic E-state index is 0.0350. The van der Waals surface area contributed by atoms with Gasteiger partial charge < -0.3 is 5.32 Å². The van der Waals surface area contributed by atoms with Crippen LogP contribution in [0, 0.1) is 12.8 Å². The van der Waals surface area contributed by atoms with Crippen LogP contribution in [0.15, 0.2) is 53.4 Å². The van der Waals surface area contributed by atoms with Crippen LogP contribution in [-0.2, 0) is 21.2 Å². The Morgan fingerprint density at radius 1 is 1.07 bits per heavy atom. The second kappa shape index (κ2) is 7.68. The van der Waals surface area contributed by atoms with Gasteiger partial charge in [-0.05, 0) is 55.9 Å². The van der Waals surface area contributed by atoms with Crippen molar-refractivity contribution in [2.45, 2.75) is 43.5 Å². The van der Waals surface area contributed by atoms with E-state index in [1.165, 1.54) is 15.4 Å². The summed E-state index contributed by atoms with van der Waals surface area (Å²) in [5, 5.41) is 3.16. The van der Waals surface area contributed by atoms with Crippen molar-refractivity contribution in [3.05, 3.63) is 65.2 Å². The highest BCUT2D eigenvalue weighted by Crippen LogP contribution is 2.32. The predicted octanol–water partition coefficient (Wildman–Crippen LogP) is 3.20. The molecule has 2 aliphatic rings. The highest BCUT2D eigenvalue weighted by molar-refractivity contribution is 7.89. The summed E-state index contributed by atoms with van der Waals surface area (Å²) in [5.74, 6) is -0.341. The molecule has 0 aromatic heterocycles. The Morgan fingerprint density at radius 3 is 2.61 bits per heavy atom. The van der Waals surface area contributed by atoms with Gasteiger partial charge in [-0.25, -0.2) is 8.42 Å². The third-order valence-corrected chi connectivity index (χ3v) is 7.74. The molecule has 2 aromatic rings. The summed E-state index contributed by atoms with van der Waals surface area (Å²) in [6.45, 7) is 2.64. The van der Waals surface area contributed by atoms with E-state index in [-0.39, 0.29) is 24.4 Å². The molecular weight excluding hydrogens is 372 g/mol. The average molecular weight is 399 g/mol. The first-order chi connectivity index (χ1) is 13.4. The molecule has 0 spiro atoms. The molecule has 1 N–H and O–H groups in total. The number of aryl methyl sites for hydroxylation is 2. The van der Waals surface area contributed by atoms with E-state index in [1.807, 2.05) is 19.1 Å². The number of sulfonamides is 1. The molecule has 28 heavy (non-hydrogen) atoms. The molecule has 0 radical (unpaired) electrons. The summed E-state index contributed by atoms with van der Waals surface area (Å²) < 4.78 is 27.4. The SMILES string of the molecule is Cc1ccc(S(=O)(=O)N2CCC[C@@H](C(=O)N[C@H]3CCc4ccccc43)C2)cc1. The molecule has 1 fully saturated rings. The number of benzene rings is 2. The second-order valence-electron chi connectivity index (χ2n) is 7.81. The summed E-state index contributed by atoms with van der Waals surface area (Å²) in [6, 6.07) is 15.1. The Hall–Kier alpha value is -2.18. The van der Waals surface area contributed by atoms with Crippen molar-refractivity contribution in [2.24, 2.45) is 5.92 Å². The zero-order valence-corrected chi connectivity index (χ0v) is 16.9. The van der Waals surface area contributed by atoms with Crippen LogP contribution in [0.5, 0.6) is 0 Å². The van der Waals surface area contributed by atoms with E-state index in [1.54, 1.807) is 24.3 Å². The highest BCUT2D eigenvalue weighted by atomic mass is 32.2. The van der Waals surface area contributed by atoms with Crippen molar-refractivity contribution in [1.82, 2.24) is 9.62 Å². The first kappa shape index (κ1) is 19.2.